The highest BCUT2D eigenvalue weighted by Gasteiger charge is 2.27. The van der Waals surface area contributed by atoms with Gasteiger partial charge in [-0.25, -0.2) is 0 Å². The van der Waals surface area contributed by atoms with Crippen molar-refractivity contribution in [3.63, 3.8) is 0 Å². The van der Waals surface area contributed by atoms with Crippen LogP contribution >= 0.6 is 0 Å². The van der Waals surface area contributed by atoms with Gasteiger partial charge in [0.2, 0.25) is 5.91 Å². The molecular weight excluding hydrogens is 394 g/mol. The monoisotopic (exact) mass is 425 g/mol. The van der Waals surface area contributed by atoms with Gasteiger partial charge in [0.25, 0.3) is 0 Å². The minimum atomic E-state index is 0.189. The van der Waals surface area contributed by atoms with Crippen LogP contribution in [0, 0.1) is 0 Å². The molecule has 0 spiro atoms. The Bertz CT molecular complexity index is 913. The van der Waals surface area contributed by atoms with Crippen LogP contribution < -0.4 is 18.9 Å². The fourth-order valence-electron chi connectivity index (χ4n) is 4.47. The number of hydrogen-bond acceptors (Lipinski definition) is 5. The van der Waals surface area contributed by atoms with E-state index in [1.807, 2.05) is 30.3 Å². The third-order valence-electron chi connectivity index (χ3n) is 6.12. The van der Waals surface area contributed by atoms with Crippen LogP contribution in [0.4, 0.5) is 0 Å². The number of carbonyl (C=O) groups is 1. The smallest absolute Gasteiger partial charge is 0.227 e. The minimum Gasteiger partial charge on any atom is -0.493 e. The molecule has 1 fully saturated rings. The van der Waals surface area contributed by atoms with Gasteiger partial charge in [0.05, 0.1) is 20.6 Å². The van der Waals surface area contributed by atoms with Crippen molar-refractivity contribution in [3.8, 4) is 23.0 Å². The summed E-state index contributed by atoms with van der Waals surface area (Å²) >= 11 is 0. The van der Waals surface area contributed by atoms with Gasteiger partial charge in [-0.2, -0.15) is 0 Å². The van der Waals surface area contributed by atoms with E-state index in [-0.39, 0.29) is 11.9 Å². The summed E-state index contributed by atoms with van der Waals surface area (Å²) in [6, 6.07) is 12.1. The second-order valence-electron chi connectivity index (χ2n) is 8.12. The molecule has 2 aromatic carbocycles. The molecule has 0 aliphatic carbocycles. The Balaban J connectivity index is 1.39. The van der Waals surface area contributed by atoms with Gasteiger partial charge < -0.3 is 23.8 Å². The number of aryl methyl sites for hydroxylation is 1. The summed E-state index contributed by atoms with van der Waals surface area (Å²) in [4.78, 5) is 15.2. The molecule has 1 saturated heterocycles. The lowest BCUT2D eigenvalue weighted by atomic mass is 9.95. The second kappa shape index (κ2) is 9.94. The average Bonchev–Trinajstić information content (AvgIpc) is 2.82. The molecule has 0 N–H and O–H groups in total. The molecule has 6 nitrogen and oxygen atoms in total. The highest BCUT2D eigenvalue weighted by molar-refractivity contribution is 5.79. The molecule has 1 atom stereocenters. The van der Waals surface area contributed by atoms with Gasteiger partial charge in [0, 0.05) is 12.6 Å². The molecule has 2 aliphatic heterocycles. The number of benzene rings is 2. The highest BCUT2D eigenvalue weighted by Crippen LogP contribution is 2.32. The summed E-state index contributed by atoms with van der Waals surface area (Å²) in [6.45, 7) is 1.95. The van der Waals surface area contributed by atoms with E-state index in [0.717, 1.165) is 60.8 Å². The quantitative estimate of drug-likeness (QED) is 0.670. The number of fused-ring (bicyclic) bond motifs is 1. The third kappa shape index (κ3) is 5.06. The number of ether oxygens (including phenoxy) is 4. The summed E-state index contributed by atoms with van der Waals surface area (Å²) < 4.78 is 22.0. The number of methoxy groups -OCH3 is 2. The first-order valence-corrected chi connectivity index (χ1v) is 11.1. The van der Waals surface area contributed by atoms with Gasteiger partial charge in [0.1, 0.15) is 13.2 Å². The van der Waals surface area contributed by atoms with E-state index in [2.05, 4.69) is 11.0 Å². The van der Waals surface area contributed by atoms with E-state index >= 15 is 0 Å². The van der Waals surface area contributed by atoms with Crippen molar-refractivity contribution in [2.75, 3.05) is 34.0 Å². The van der Waals surface area contributed by atoms with E-state index in [9.17, 15) is 4.79 Å². The second-order valence-corrected chi connectivity index (χ2v) is 8.12. The van der Waals surface area contributed by atoms with Crippen LogP contribution in [0.25, 0.3) is 0 Å². The molecule has 2 heterocycles. The first-order chi connectivity index (χ1) is 15.2. The minimum absolute atomic E-state index is 0.189. The zero-order valence-corrected chi connectivity index (χ0v) is 18.4. The van der Waals surface area contributed by atoms with Crippen LogP contribution in [0.3, 0.4) is 0 Å². The average molecular weight is 426 g/mol. The Morgan fingerprint density at radius 3 is 2.55 bits per heavy atom. The predicted molar refractivity (Wildman–Crippen MR) is 118 cm³/mol. The Morgan fingerprint density at radius 2 is 1.74 bits per heavy atom. The van der Waals surface area contributed by atoms with Crippen LogP contribution in [0.1, 0.15) is 36.8 Å². The molecule has 1 amide bonds. The van der Waals surface area contributed by atoms with Crippen molar-refractivity contribution in [3.05, 3.63) is 47.5 Å². The number of hydrogen-bond donors (Lipinski definition) is 0. The molecular formula is C25H31NO5. The highest BCUT2D eigenvalue weighted by atomic mass is 16.6. The van der Waals surface area contributed by atoms with Crippen LogP contribution in [0.5, 0.6) is 23.0 Å². The normalized spacial score (nSPS) is 17.9. The van der Waals surface area contributed by atoms with Gasteiger partial charge in [0.15, 0.2) is 23.0 Å². The fraction of sp³-hybridized carbons (Fsp3) is 0.480. The topological polar surface area (TPSA) is 57.2 Å². The number of nitrogens with zero attached hydrogens (tertiary/aromatic N) is 1. The molecule has 1 unspecified atom stereocenters. The number of rotatable bonds is 7. The van der Waals surface area contributed by atoms with E-state index in [1.54, 1.807) is 14.2 Å². The zero-order valence-electron chi connectivity index (χ0n) is 18.4. The molecule has 6 heteroatoms. The lowest BCUT2D eigenvalue weighted by molar-refractivity contribution is -0.134. The molecule has 0 radical (unpaired) electrons. The molecule has 0 aromatic heterocycles. The number of carbonyl (C=O) groups excluding carboxylic acids is 1. The predicted octanol–water partition coefficient (Wildman–Crippen LogP) is 4.03. The maximum atomic E-state index is 13.2. The largest absolute Gasteiger partial charge is 0.493 e. The van der Waals surface area contributed by atoms with Gasteiger partial charge in [-0.05, 0) is 67.5 Å². The van der Waals surface area contributed by atoms with Crippen molar-refractivity contribution in [2.24, 2.45) is 0 Å². The van der Waals surface area contributed by atoms with Crippen molar-refractivity contribution in [1.82, 2.24) is 4.90 Å². The zero-order chi connectivity index (χ0) is 21.6. The van der Waals surface area contributed by atoms with Crippen molar-refractivity contribution < 1.29 is 23.7 Å². The van der Waals surface area contributed by atoms with Crippen LogP contribution in [0.2, 0.25) is 0 Å². The van der Waals surface area contributed by atoms with Crippen LogP contribution in [0.15, 0.2) is 36.4 Å². The van der Waals surface area contributed by atoms with Gasteiger partial charge in [-0.15, -0.1) is 0 Å². The third-order valence-corrected chi connectivity index (χ3v) is 6.12. The summed E-state index contributed by atoms with van der Waals surface area (Å²) in [5.41, 5.74) is 2.17. The number of piperidine rings is 1. The van der Waals surface area contributed by atoms with Gasteiger partial charge in [-0.3, -0.25) is 4.79 Å². The van der Waals surface area contributed by atoms with E-state index in [0.29, 0.717) is 19.6 Å². The molecule has 31 heavy (non-hydrogen) atoms. The van der Waals surface area contributed by atoms with Gasteiger partial charge >= 0.3 is 0 Å². The summed E-state index contributed by atoms with van der Waals surface area (Å²) in [6.07, 6.45) is 5.54. The summed E-state index contributed by atoms with van der Waals surface area (Å²) in [7, 11) is 3.30. The molecule has 166 valence electrons. The molecule has 4 rings (SSSR count). The van der Waals surface area contributed by atoms with Crippen LogP contribution in [-0.4, -0.2) is 50.8 Å². The Labute approximate surface area is 184 Å². The lowest BCUT2D eigenvalue weighted by Crippen LogP contribution is -2.44. The van der Waals surface area contributed by atoms with Crippen LogP contribution in [-0.2, 0) is 17.6 Å². The lowest BCUT2D eigenvalue weighted by Gasteiger charge is -2.36. The molecule has 0 saturated carbocycles. The van der Waals surface area contributed by atoms with E-state index in [1.165, 1.54) is 12.0 Å². The Kier molecular flexibility index (Phi) is 6.85. The van der Waals surface area contributed by atoms with Crippen molar-refractivity contribution >= 4 is 5.91 Å². The van der Waals surface area contributed by atoms with Crippen molar-refractivity contribution in [1.29, 1.82) is 0 Å². The van der Waals surface area contributed by atoms with E-state index in [4.69, 9.17) is 18.9 Å². The Morgan fingerprint density at radius 1 is 0.968 bits per heavy atom. The molecule has 2 aromatic rings. The standard InChI is InChI=1S/C25H31NO5/c1-28-21-10-7-18(15-23(21)29-2)6-9-20-5-3-4-12-26(20)25(27)17-19-8-11-22-24(16-19)31-14-13-30-22/h7-8,10-11,15-16,20H,3-6,9,12-14,17H2,1-2H3. The maximum Gasteiger partial charge on any atom is 0.227 e. The summed E-state index contributed by atoms with van der Waals surface area (Å²) in [5.74, 6) is 3.16. The molecule has 0 bridgehead atoms. The first-order valence-electron chi connectivity index (χ1n) is 11.1. The van der Waals surface area contributed by atoms with E-state index < -0.39 is 0 Å². The summed E-state index contributed by atoms with van der Waals surface area (Å²) in [5, 5.41) is 0. The SMILES string of the molecule is COc1ccc(CCC2CCCCN2C(=O)Cc2ccc3c(c2)OCCO3)cc1OC. The van der Waals surface area contributed by atoms with Gasteiger partial charge in [-0.1, -0.05) is 12.1 Å². The Hall–Kier alpha value is -2.89. The fourth-order valence-corrected chi connectivity index (χ4v) is 4.47. The number of likely N-dealkylation sites (tertiary alicyclic amines) is 1. The maximum absolute atomic E-state index is 13.2. The first kappa shape index (κ1) is 21.3. The molecule has 2 aliphatic rings. The van der Waals surface area contributed by atoms with Crippen molar-refractivity contribution in [2.45, 2.75) is 44.6 Å². The number of amides is 1.